The molecule has 0 spiro atoms. The van der Waals surface area contributed by atoms with Crippen molar-refractivity contribution < 1.29 is 14.3 Å². The number of nitrogens with zero attached hydrogens (tertiary/aromatic N) is 2. The van der Waals surface area contributed by atoms with Crippen molar-refractivity contribution in [2.24, 2.45) is 11.1 Å². The highest BCUT2D eigenvalue weighted by molar-refractivity contribution is 6.00. The van der Waals surface area contributed by atoms with Crippen LogP contribution in [-0.4, -0.2) is 31.1 Å². The molecule has 0 aliphatic heterocycles. The van der Waals surface area contributed by atoms with Crippen LogP contribution in [0.5, 0.6) is 11.5 Å². The summed E-state index contributed by atoms with van der Waals surface area (Å²) in [6.45, 7) is 5.02. The summed E-state index contributed by atoms with van der Waals surface area (Å²) in [6.07, 6.45) is 2.45. The normalized spacial score (nSPS) is 14.1. The van der Waals surface area contributed by atoms with Gasteiger partial charge in [-0.1, -0.05) is 5.16 Å². The van der Waals surface area contributed by atoms with Crippen molar-refractivity contribution in [3.63, 3.8) is 0 Å². The minimum atomic E-state index is 0.00619. The van der Waals surface area contributed by atoms with Crippen molar-refractivity contribution >= 4 is 5.71 Å². The zero-order valence-corrected chi connectivity index (χ0v) is 16.3. The van der Waals surface area contributed by atoms with Gasteiger partial charge in [0, 0.05) is 29.1 Å². The van der Waals surface area contributed by atoms with E-state index in [0.717, 1.165) is 22.7 Å². The van der Waals surface area contributed by atoms with E-state index in [0.29, 0.717) is 30.6 Å². The predicted molar refractivity (Wildman–Crippen MR) is 105 cm³/mol. The number of aromatic nitrogens is 1. The van der Waals surface area contributed by atoms with E-state index in [-0.39, 0.29) is 5.43 Å². The lowest BCUT2D eigenvalue weighted by Gasteiger charge is -2.17. The van der Waals surface area contributed by atoms with Gasteiger partial charge >= 0.3 is 0 Å². The van der Waals surface area contributed by atoms with Gasteiger partial charge in [0.1, 0.15) is 12.8 Å². The van der Waals surface area contributed by atoms with E-state index in [9.17, 15) is 4.79 Å². The molecule has 2 aromatic rings. The van der Waals surface area contributed by atoms with E-state index in [1.165, 1.54) is 20.0 Å². The summed E-state index contributed by atoms with van der Waals surface area (Å²) < 4.78 is 13.4. The summed E-state index contributed by atoms with van der Waals surface area (Å²) in [5, 5.41) is 4.22. The molecular weight excluding hydrogens is 344 g/mol. The zero-order chi connectivity index (χ0) is 19.4. The van der Waals surface area contributed by atoms with E-state index >= 15 is 0 Å². The Bertz CT molecular complexity index is 871. The Morgan fingerprint density at radius 3 is 2.41 bits per heavy atom. The van der Waals surface area contributed by atoms with Crippen LogP contribution in [0.1, 0.15) is 29.8 Å². The predicted octanol–water partition coefficient (Wildman–Crippen LogP) is 3.31. The molecule has 1 aromatic heterocycles. The topological polar surface area (TPSA) is 62.1 Å². The molecule has 6 heteroatoms. The monoisotopic (exact) mass is 370 g/mol. The second kappa shape index (κ2) is 8.29. The molecule has 1 saturated carbocycles. The Morgan fingerprint density at radius 2 is 1.81 bits per heavy atom. The van der Waals surface area contributed by atoms with Crippen LogP contribution in [0.25, 0.3) is 0 Å². The fraction of sp³-hybridized carbons (Fsp3) is 0.429. The summed E-state index contributed by atoms with van der Waals surface area (Å²) in [5.41, 5.74) is 3.39. The third-order valence-electron chi connectivity index (χ3n) is 4.73. The first kappa shape index (κ1) is 19.0. The van der Waals surface area contributed by atoms with Crippen LogP contribution >= 0.6 is 0 Å². The summed E-state index contributed by atoms with van der Waals surface area (Å²) in [4.78, 5) is 16.8. The van der Waals surface area contributed by atoms with E-state index in [4.69, 9.17) is 14.3 Å². The lowest BCUT2D eigenvalue weighted by Crippen LogP contribution is -2.19. The van der Waals surface area contributed by atoms with E-state index in [1.54, 1.807) is 19.2 Å². The Balaban J connectivity index is 1.91. The van der Waals surface area contributed by atoms with Gasteiger partial charge in [0.15, 0.2) is 16.9 Å². The highest BCUT2D eigenvalue weighted by Gasteiger charge is 2.23. The number of hydrogen-bond donors (Lipinski definition) is 0. The first-order valence-electron chi connectivity index (χ1n) is 9.11. The summed E-state index contributed by atoms with van der Waals surface area (Å²) in [7, 11) is 3.16. The van der Waals surface area contributed by atoms with Gasteiger partial charge < -0.3 is 18.9 Å². The molecule has 0 radical (unpaired) electrons. The van der Waals surface area contributed by atoms with Gasteiger partial charge in [-0.15, -0.1) is 0 Å². The van der Waals surface area contributed by atoms with E-state index in [2.05, 4.69) is 5.16 Å². The standard InChI is InChI=1S/C21H26N2O4/c1-14-9-18(24)10-15(2)23(14)12-19(22-26-4)17-7-8-20(25-3)21(11-17)27-13-16-5-6-16/h7-11,16H,5-6,12-13H2,1-4H3. The first-order valence-corrected chi connectivity index (χ1v) is 9.11. The molecule has 6 nitrogen and oxygen atoms in total. The smallest absolute Gasteiger partial charge is 0.182 e. The second-order valence-electron chi connectivity index (χ2n) is 6.90. The Hall–Kier alpha value is -2.76. The van der Waals surface area contributed by atoms with Crippen molar-refractivity contribution in [1.29, 1.82) is 0 Å². The highest BCUT2D eigenvalue weighted by atomic mass is 16.6. The molecule has 1 aromatic carbocycles. The molecule has 1 heterocycles. The molecule has 3 rings (SSSR count). The molecule has 1 aliphatic carbocycles. The largest absolute Gasteiger partial charge is 0.493 e. The van der Waals surface area contributed by atoms with Gasteiger partial charge in [-0.2, -0.15) is 0 Å². The molecule has 0 unspecified atom stereocenters. The van der Waals surface area contributed by atoms with Crippen LogP contribution in [0, 0.1) is 19.8 Å². The maximum absolute atomic E-state index is 11.7. The highest BCUT2D eigenvalue weighted by Crippen LogP contribution is 2.33. The Labute approximate surface area is 159 Å². The van der Waals surface area contributed by atoms with Crippen LogP contribution in [-0.2, 0) is 11.4 Å². The van der Waals surface area contributed by atoms with Crippen molar-refractivity contribution in [3.05, 3.63) is 57.5 Å². The SMILES string of the molecule is CON=C(Cn1c(C)cc(=O)cc1C)c1ccc(OC)c(OCC2CC2)c1. The third kappa shape index (κ3) is 4.70. The van der Waals surface area contributed by atoms with Gasteiger partial charge in [0.2, 0.25) is 0 Å². The molecule has 0 saturated heterocycles. The molecule has 0 amide bonds. The minimum Gasteiger partial charge on any atom is -0.493 e. The average Bonchev–Trinajstić information content (AvgIpc) is 3.46. The summed E-state index contributed by atoms with van der Waals surface area (Å²) in [6, 6.07) is 9.00. The van der Waals surface area contributed by atoms with Crippen LogP contribution in [0.4, 0.5) is 0 Å². The number of rotatable bonds is 8. The molecule has 144 valence electrons. The van der Waals surface area contributed by atoms with Crippen LogP contribution in [0.15, 0.2) is 40.3 Å². The maximum Gasteiger partial charge on any atom is 0.182 e. The lowest BCUT2D eigenvalue weighted by atomic mass is 10.1. The minimum absolute atomic E-state index is 0.00619. The first-order chi connectivity index (χ1) is 13.0. The molecule has 0 atom stereocenters. The molecule has 1 fully saturated rings. The van der Waals surface area contributed by atoms with Crippen molar-refractivity contribution in [1.82, 2.24) is 4.57 Å². The molecule has 1 aliphatic rings. The van der Waals surface area contributed by atoms with Crippen LogP contribution in [0.2, 0.25) is 0 Å². The molecule has 27 heavy (non-hydrogen) atoms. The average molecular weight is 370 g/mol. The summed E-state index contributed by atoms with van der Waals surface area (Å²) >= 11 is 0. The van der Waals surface area contributed by atoms with Crippen LogP contribution < -0.4 is 14.9 Å². The fourth-order valence-electron chi connectivity index (χ4n) is 3.03. The van der Waals surface area contributed by atoms with Gasteiger partial charge in [0.05, 0.1) is 20.3 Å². The van der Waals surface area contributed by atoms with Crippen molar-refractivity contribution in [2.45, 2.75) is 33.2 Å². The number of aryl methyl sites for hydroxylation is 2. The number of ether oxygens (including phenoxy) is 2. The maximum atomic E-state index is 11.7. The lowest BCUT2D eigenvalue weighted by molar-refractivity contribution is 0.212. The van der Waals surface area contributed by atoms with Gasteiger partial charge in [-0.25, -0.2) is 0 Å². The van der Waals surface area contributed by atoms with Crippen LogP contribution in [0.3, 0.4) is 0 Å². The Morgan fingerprint density at radius 1 is 1.11 bits per heavy atom. The van der Waals surface area contributed by atoms with E-state index in [1.807, 2.05) is 36.6 Å². The Kier molecular flexibility index (Phi) is 5.84. The molecule has 0 bridgehead atoms. The van der Waals surface area contributed by atoms with Gasteiger partial charge in [-0.3, -0.25) is 4.79 Å². The summed E-state index contributed by atoms with van der Waals surface area (Å²) in [5.74, 6) is 2.06. The zero-order valence-electron chi connectivity index (χ0n) is 16.3. The number of pyridine rings is 1. The second-order valence-corrected chi connectivity index (χ2v) is 6.90. The van der Waals surface area contributed by atoms with E-state index < -0.39 is 0 Å². The quantitative estimate of drug-likeness (QED) is 0.528. The number of oxime groups is 1. The number of methoxy groups -OCH3 is 1. The third-order valence-corrected chi connectivity index (χ3v) is 4.73. The number of hydrogen-bond acceptors (Lipinski definition) is 5. The number of benzene rings is 1. The fourth-order valence-corrected chi connectivity index (χ4v) is 3.03. The van der Waals surface area contributed by atoms with Crippen molar-refractivity contribution in [3.8, 4) is 11.5 Å². The molecule has 0 N–H and O–H groups in total. The van der Waals surface area contributed by atoms with Gasteiger partial charge in [0.25, 0.3) is 0 Å². The van der Waals surface area contributed by atoms with Crippen molar-refractivity contribution in [2.75, 3.05) is 20.8 Å². The van der Waals surface area contributed by atoms with Gasteiger partial charge in [-0.05, 0) is 50.8 Å². The molecular formula is C21H26N2O4.